The van der Waals surface area contributed by atoms with Gasteiger partial charge in [0.25, 0.3) is 0 Å². The molecule has 0 aromatic carbocycles. The van der Waals surface area contributed by atoms with E-state index in [1.165, 1.54) is 17.0 Å². The van der Waals surface area contributed by atoms with Gasteiger partial charge in [0.1, 0.15) is 0 Å². The molecular weight excluding hydrogens is 262 g/mol. The van der Waals surface area contributed by atoms with E-state index in [1.54, 1.807) is 18.6 Å². The van der Waals surface area contributed by atoms with Gasteiger partial charge >= 0.3 is 0 Å². The SMILES string of the molecule is CCc1nn(-c2cnccn2)c(CC)c1CCNC(C)C. The second-order valence-electron chi connectivity index (χ2n) is 5.41. The van der Waals surface area contributed by atoms with Crippen molar-refractivity contribution in [3.8, 4) is 5.82 Å². The van der Waals surface area contributed by atoms with Gasteiger partial charge in [0, 0.05) is 24.1 Å². The highest BCUT2D eigenvalue weighted by Gasteiger charge is 2.16. The monoisotopic (exact) mass is 287 g/mol. The van der Waals surface area contributed by atoms with Crippen molar-refractivity contribution < 1.29 is 0 Å². The number of hydrogen-bond acceptors (Lipinski definition) is 4. The quantitative estimate of drug-likeness (QED) is 0.849. The fraction of sp³-hybridized carbons (Fsp3) is 0.562. The molecule has 0 aliphatic heterocycles. The van der Waals surface area contributed by atoms with E-state index in [1.807, 2.05) is 4.68 Å². The maximum atomic E-state index is 4.75. The zero-order valence-corrected chi connectivity index (χ0v) is 13.4. The van der Waals surface area contributed by atoms with Crippen LogP contribution in [0, 0.1) is 0 Å². The fourth-order valence-corrected chi connectivity index (χ4v) is 2.55. The van der Waals surface area contributed by atoms with Crippen LogP contribution in [0.3, 0.4) is 0 Å². The van der Waals surface area contributed by atoms with Crippen LogP contribution in [-0.2, 0) is 19.3 Å². The Hall–Kier alpha value is -1.75. The lowest BCUT2D eigenvalue weighted by molar-refractivity contribution is 0.588. The molecule has 0 atom stereocenters. The van der Waals surface area contributed by atoms with Crippen LogP contribution in [0.15, 0.2) is 18.6 Å². The van der Waals surface area contributed by atoms with E-state index in [0.29, 0.717) is 6.04 Å². The lowest BCUT2D eigenvalue weighted by Gasteiger charge is -2.10. The molecule has 0 spiro atoms. The van der Waals surface area contributed by atoms with Gasteiger partial charge in [-0.05, 0) is 31.4 Å². The molecule has 5 nitrogen and oxygen atoms in total. The Bertz CT molecular complexity index is 560. The average molecular weight is 287 g/mol. The van der Waals surface area contributed by atoms with E-state index in [-0.39, 0.29) is 0 Å². The minimum Gasteiger partial charge on any atom is -0.314 e. The van der Waals surface area contributed by atoms with Crippen LogP contribution < -0.4 is 5.32 Å². The number of rotatable bonds is 7. The highest BCUT2D eigenvalue weighted by Crippen LogP contribution is 2.19. The van der Waals surface area contributed by atoms with Gasteiger partial charge in [-0.15, -0.1) is 0 Å². The molecule has 0 fully saturated rings. The van der Waals surface area contributed by atoms with Crippen LogP contribution in [0.1, 0.15) is 44.6 Å². The van der Waals surface area contributed by atoms with Gasteiger partial charge < -0.3 is 5.32 Å². The molecule has 0 bridgehead atoms. The number of nitrogens with one attached hydrogen (secondary N) is 1. The lowest BCUT2D eigenvalue weighted by Crippen LogP contribution is -2.25. The van der Waals surface area contributed by atoms with Crippen molar-refractivity contribution in [3.63, 3.8) is 0 Å². The van der Waals surface area contributed by atoms with Gasteiger partial charge in [0.2, 0.25) is 0 Å². The summed E-state index contributed by atoms with van der Waals surface area (Å²) in [6.45, 7) is 9.64. The molecule has 21 heavy (non-hydrogen) atoms. The number of aryl methyl sites for hydroxylation is 1. The van der Waals surface area contributed by atoms with Crippen molar-refractivity contribution in [2.45, 2.75) is 53.0 Å². The van der Waals surface area contributed by atoms with Crippen molar-refractivity contribution >= 4 is 0 Å². The molecule has 114 valence electrons. The summed E-state index contributed by atoms with van der Waals surface area (Å²) in [5.41, 5.74) is 3.78. The fourth-order valence-electron chi connectivity index (χ4n) is 2.55. The van der Waals surface area contributed by atoms with Gasteiger partial charge in [-0.2, -0.15) is 5.10 Å². The van der Waals surface area contributed by atoms with E-state index >= 15 is 0 Å². The minimum absolute atomic E-state index is 0.509. The molecule has 0 aliphatic rings. The van der Waals surface area contributed by atoms with Gasteiger partial charge in [0.15, 0.2) is 5.82 Å². The molecule has 0 saturated heterocycles. The summed E-state index contributed by atoms with van der Waals surface area (Å²) in [6, 6.07) is 0.509. The highest BCUT2D eigenvalue weighted by atomic mass is 15.3. The Morgan fingerprint density at radius 3 is 2.57 bits per heavy atom. The van der Waals surface area contributed by atoms with E-state index in [4.69, 9.17) is 5.10 Å². The molecule has 2 rings (SSSR count). The van der Waals surface area contributed by atoms with Gasteiger partial charge in [-0.25, -0.2) is 9.67 Å². The molecule has 5 heteroatoms. The summed E-state index contributed by atoms with van der Waals surface area (Å²) >= 11 is 0. The molecule has 2 heterocycles. The van der Waals surface area contributed by atoms with Crippen LogP contribution >= 0.6 is 0 Å². The topological polar surface area (TPSA) is 55.6 Å². The normalized spacial score (nSPS) is 11.3. The predicted octanol–water partition coefficient (Wildman–Crippen LogP) is 2.33. The first-order valence-corrected chi connectivity index (χ1v) is 7.76. The van der Waals surface area contributed by atoms with Crippen molar-refractivity contribution in [1.29, 1.82) is 0 Å². The van der Waals surface area contributed by atoms with Crippen molar-refractivity contribution in [3.05, 3.63) is 35.5 Å². The maximum Gasteiger partial charge on any atom is 0.172 e. The minimum atomic E-state index is 0.509. The molecule has 0 aliphatic carbocycles. The van der Waals surface area contributed by atoms with Crippen LogP contribution in [0.25, 0.3) is 5.82 Å². The van der Waals surface area contributed by atoms with Crippen LogP contribution in [0.2, 0.25) is 0 Å². The number of aromatic nitrogens is 4. The first kappa shape index (κ1) is 15.6. The Kier molecular flexibility index (Phi) is 5.44. The van der Waals surface area contributed by atoms with Gasteiger partial charge in [-0.1, -0.05) is 27.7 Å². The summed E-state index contributed by atoms with van der Waals surface area (Å²) in [5.74, 6) is 0.798. The third-order valence-corrected chi connectivity index (χ3v) is 3.54. The summed E-state index contributed by atoms with van der Waals surface area (Å²) in [7, 11) is 0. The molecule has 0 unspecified atom stereocenters. The lowest BCUT2D eigenvalue weighted by atomic mass is 10.1. The molecular formula is C16H25N5. The largest absolute Gasteiger partial charge is 0.314 e. The van der Waals surface area contributed by atoms with E-state index in [9.17, 15) is 0 Å². The van der Waals surface area contributed by atoms with Crippen molar-refractivity contribution in [2.24, 2.45) is 0 Å². The van der Waals surface area contributed by atoms with Gasteiger partial charge in [0.05, 0.1) is 11.9 Å². The second-order valence-corrected chi connectivity index (χ2v) is 5.41. The second kappa shape index (κ2) is 7.31. The van der Waals surface area contributed by atoms with Crippen molar-refractivity contribution in [1.82, 2.24) is 25.1 Å². The summed E-state index contributed by atoms with van der Waals surface area (Å²) in [6.07, 6.45) is 8.05. The summed E-state index contributed by atoms with van der Waals surface area (Å²) < 4.78 is 1.95. The summed E-state index contributed by atoms with van der Waals surface area (Å²) in [5, 5.41) is 8.23. The third-order valence-electron chi connectivity index (χ3n) is 3.54. The first-order valence-electron chi connectivity index (χ1n) is 7.76. The van der Waals surface area contributed by atoms with E-state index < -0.39 is 0 Å². The third kappa shape index (κ3) is 3.67. The molecule has 0 amide bonds. The zero-order chi connectivity index (χ0) is 15.2. The van der Waals surface area contributed by atoms with Crippen LogP contribution in [0.4, 0.5) is 0 Å². The Morgan fingerprint density at radius 2 is 2.00 bits per heavy atom. The van der Waals surface area contributed by atoms with Crippen molar-refractivity contribution in [2.75, 3.05) is 6.54 Å². The van der Waals surface area contributed by atoms with Crippen LogP contribution in [0.5, 0.6) is 0 Å². The maximum absolute atomic E-state index is 4.75. The molecule has 1 N–H and O–H groups in total. The Balaban J connectivity index is 2.33. The Morgan fingerprint density at radius 1 is 1.19 bits per heavy atom. The number of nitrogens with zero attached hydrogens (tertiary/aromatic N) is 4. The molecule has 0 radical (unpaired) electrons. The van der Waals surface area contributed by atoms with Gasteiger partial charge in [-0.3, -0.25) is 4.98 Å². The van der Waals surface area contributed by atoms with Crippen LogP contribution in [-0.4, -0.2) is 32.3 Å². The zero-order valence-electron chi connectivity index (χ0n) is 13.4. The molecule has 2 aromatic rings. The molecule has 0 saturated carbocycles. The average Bonchev–Trinajstić information content (AvgIpc) is 2.85. The van der Waals surface area contributed by atoms with E-state index in [2.05, 4.69) is 43.0 Å². The standard InChI is InChI=1S/C16H25N5/c1-5-14-13(7-8-18-12(3)4)15(6-2)21(20-14)16-11-17-9-10-19-16/h9-12,18H,5-8H2,1-4H3. The van der Waals surface area contributed by atoms with E-state index in [0.717, 1.165) is 31.6 Å². The smallest absolute Gasteiger partial charge is 0.172 e. The first-order chi connectivity index (χ1) is 10.2. The highest BCUT2D eigenvalue weighted by molar-refractivity contribution is 5.33. The predicted molar refractivity (Wildman–Crippen MR) is 84.8 cm³/mol. The summed E-state index contributed by atoms with van der Waals surface area (Å²) in [4.78, 5) is 8.53. The molecule has 2 aromatic heterocycles. The Labute approximate surface area is 126 Å². The number of hydrogen-bond donors (Lipinski definition) is 1.